The van der Waals surface area contributed by atoms with Crippen LogP contribution in [0.25, 0.3) is 10.9 Å². The number of aromatic amines is 1. The van der Waals surface area contributed by atoms with Gasteiger partial charge >= 0.3 is 0 Å². The molecule has 2 aromatic heterocycles. The molecule has 0 radical (unpaired) electrons. The van der Waals surface area contributed by atoms with Gasteiger partial charge in [0, 0.05) is 35.4 Å². The molecular formula is C17H18N4O2. The van der Waals surface area contributed by atoms with Crippen LogP contribution in [-0.2, 0) is 17.8 Å². The SMILES string of the molecule is Cc1cc(=O)n(CC(=O)NCCc2c[nH]c3ccccc23)cn1. The molecule has 0 saturated heterocycles. The van der Waals surface area contributed by atoms with E-state index in [1.807, 2.05) is 24.4 Å². The van der Waals surface area contributed by atoms with E-state index in [2.05, 4.69) is 21.4 Å². The maximum Gasteiger partial charge on any atom is 0.253 e. The lowest BCUT2D eigenvalue weighted by Gasteiger charge is -2.07. The van der Waals surface area contributed by atoms with Crippen LogP contribution in [0, 0.1) is 6.92 Å². The van der Waals surface area contributed by atoms with Gasteiger partial charge in [0.1, 0.15) is 6.54 Å². The van der Waals surface area contributed by atoms with E-state index in [0.29, 0.717) is 12.2 Å². The summed E-state index contributed by atoms with van der Waals surface area (Å²) < 4.78 is 1.30. The van der Waals surface area contributed by atoms with E-state index in [1.54, 1.807) is 6.92 Å². The van der Waals surface area contributed by atoms with Crippen LogP contribution < -0.4 is 10.9 Å². The van der Waals surface area contributed by atoms with Crippen molar-refractivity contribution in [3.8, 4) is 0 Å². The number of nitrogens with one attached hydrogen (secondary N) is 2. The van der Waals surface area contributed by atoms with Gasteiger partial charge < -0.3 is 10.3 Å². The fourth-order valence-electron chi connectivity index (χ4n) is 2.52. The predicted octanol–water partition coefficient (Wildman–Crippen LogP) is 1.39. The number of carbonyl (C=O) groups is 1. The molecule has 0 aliphatic heterocycles. The van der Waals surface area contributed by atoms with Gasteiger partial charge in [-0.1, -0.05) is 18.2 Å². The Morgan fingerprint density at radius 2 is 2.17 bits per heavy atom. The van der Waals surface area contributed by atoms with E-state index in [9.17, 15) is 9.59 Å². The molecule has 3 rings (SSSR count). The molecule has 3 aromatic rings. The third kappa shape index (κ3) is 3.48. The third-order valence-electron chi connectivity index (χ3n) is 3.72. The number of hydrogen-bond donors (Lipinski definition) is 2. The Kier molecular flexibility index (Phi) is 4.23. The monoisotopic (exact) mass is 310 g/mol. The number of carbonyl (C=O) groups excluding carboxylic acids is 1. The van der Waals surface area contributed by atoms with E-state index >= 15 is 0 Å². The van der Waals surface area contributed by atoms with Gasteiger partial charge in [-0.05, 0) is 25.0 Å². The minimum absolute atomic E-state index is 0.0139. The normalized spacial score (nSPS) is 10.8. The summed E-state index contributed by atoms with van der Waals surface area (Å²) in [5, 5.41) is 4.00. The molecule has 1 amide bonds. The van der Waals surface area contributed by atoms with Crippen LogP contribution in [0.3, 0.4) is 0 Å². The second kappa shape index (κ2) is 6.48. The topological polar surface area (TPSA) is 79.8 Å². The van der Waals surface area contributed by atoms with Crippen molar-refractivity contribution in [1.82, 2.24) is 19.9 Å². The van der Waals surface area contributed by atoms with E-state index in [-0.39, 0.29) is 18.0 Å². The minimum Gasteiger partial charge on any atom is -0.361 e. The Hall–Kier alpha value is -2.89. The molecule has 0 aliphatic carbocycles. The first-order valence-electron chi connectivity index (χ1n) is 7.48. The zero-order chi connectivity index (χ0) is 16.2. The molecule has 23 heavy (non-hydrogen) atoms. The van der Waals surface area contributed by atoms with Crippen molar-refractivity contribution in [1.29, 1.82) is 0 Å². The van der Waals surface area contributed by atoms with Crippen LogP contribution in [0.4, 0.5) is 0 Å². The van der Waals surface area contributed by atoms with Crippen molar-refractivity contribution in [2.75, 3.05) is 6.54 Å². The predicted molar refractivity (Wildman–Crippen MR) is 88.2 cm³/mol. The largest absolute Gasteiger partial charge is 0.361 e. The summed E-state index contributed by atoms with van der Waals surface area (Å²) >= 11 is 0. The lowest BCUT2D eigenvalue weighted by atomic mass is 10.1. The highest BCUT2D eigenvalue weighted by Crippen LogP contribution is 2.17. The van der Waals surface area contributed by atoms with E-state index < -0.39 is 0 Å². The Morgan fingerprint density at radius 1 is 1.35 bits per heavy atom. The zero-order valence-corrected chi connectivity index (χ0v) is 12.9. The van der Waals surface area contributed by atoms with Crippen molar-refractivity contribution in [2.24, 2.45) is 0 Å². The first-order chi connectivity index (χ1) is 11.1. The number of amides is 1. The Labute approximate surface area is 133 Å². The van der Waals surface area contributed by atoms with Crippen molar-refractivity contribution >= 4 is 16.8 Å². The van der Waals surface area contributed by atoms with Crippen molar-refractivity contribution in [2.45, 2.75) is 19.9 Å². The summed E-state index contributed by atoms with van der Waals surface area (Å²) in [5.41, 5.74) is 2.68. The zero-order valence-electron chi connectivity index (χ0n) is 12.9. The molecule has 0 atom stereocenters. The highest BCUT2D eigenvalue weighted by atomic mass is 16.2. The van der Waals surface area contributed by atoms with Crippen molar-refractivity contribution in [3.05, 3.63) is 64.5 Å². The number of benzene rings is 1. The van der Waals surface area contributed by atoms with Gasteiger partial charge in [-0.3, -0.25) is 14.2 Å². The lowest BCUT2D eigenvalue weighted by molar-refractivity contribution is -0.121. The molecule has 0 aliphatic rings. The Bertz CT molecular complexity index is 895. The molecule has 0 fully saturated rings. The number of rotatable bonds is 5. The van der Waals surface area contributed by atoms with Crippen molar-refractivity contribution in [3.63, 3.8) is 0 Å². The van der Waals surface area contributed by atoms with Gasteiger partial charge in [0.15, 0.2) is 0 Å². The minimum atomic E-state index is -0.218. The summed E-state index contributed by atoms with van der Waals surface area (Å²) in [5.74, 6) is -0.197. The van der Waals surface area contributed by atoms with Crippen LogP contribution in [0.5, 0.6) is 0 Å². The molecule has 0 saturated carbocycles. The van der Waals surface area contributed by atoms with E-state index in [0.717, 1.165) is 17.5 Å². The van der Waals surface area contributed by atoms with Crippen LogP contribution >= 0.6 is 0 Å². The standard InChI is InChI=1S/C17H18N4O2/c1-12-8-17(23)21(11-20-12)10-16(22)18-7-6-13-9-19-15-5-3-2-4-14(13)15/h2-5,8-9,11,19H,6-7,10H2,1H3,(H,18,22). The lowest BCUT2D eigenvalue weighted by Crippen LogP contribution is -2.33. The van der Waals surface area contributed by atoms with Gasteiger partial charge in [0.25, 0.3) is 5.56 Å². The summed E-state index contributed by atoms with van der Waals surface area (Å²) in [7, 11) is 0. The second-order valence-corrected chi connectivity index (χ2v) is 5.46. The second-order valence-electron chi connectivity index (χ2n) is 5.46. The highest BCUT2D eigenvalue weighted by molar-refractivity contribution is 5.83. The number of aromatic nitrogens is 3. The molecular weight excluding hydrogens is 292 g/mol. The first kappa shape index (κ1) is 15.0. The number of H-pyrrole nitrogens is 1. The molecule has 0 spiro atoms. The molecule has 0 bridgehead atoms. The Morgan fingerprint density at radius 3 is 3.00 bits per heavy atom. The van der Waals surface area contributed by atoms with Crippen LogP contribution in [0.1, 0.15) is 11.3 Å². The van der Waals surface area contributed by atoms with Gasteiger partial charge in [-0.15, -0.1) is 0 Å². The molecule has 118 valence electrons. The maximum atomic E-state index is 11.9. The van der Waals surface area contributed by atoms with Crippen LogP contribution in [-0.4, -0.2) is 27.0 Å². The molecule has 1 aromatic carbocycles. The number of para-hydroxylation sites is 1. The number of hydrogen-bond acceptors (Lipinski definition) is 3. The van der Waals surface area contributed by atoms with Crippen LogP contribution in [0.2, 0.25) is 0 Å². The number of aryl methyl sites for hydroxylation is 1. The van der Waals surface area contributed by atoms with Crippen molar-refractivity contribution < 1.29 is 4.79 Å². The number of nitrogens with zero attached hydrogens (tertiary/aromatic N) is 2. The first-order valence-corrected chi connectivity index (χ1v) is 7.48. The van der Waals surface area contributed by atoms with Gasteiger partial charge in [0.2, 0.25) is 5.91 Å². The van der Waals surface area contributed by atoms with Crippen LogP contribution in [0.15, 0.2) is 47.7 Å². The fraction of sp³-hybridized carbons (Fsp3) is 0.235. The average molecular weight is 310 g/mol. The molecule has 0 unspecified atom stereocenters. The molecule has 6 nitrogen and oxygen atoms in total. The summed E-state index contributed by atoms with van der Waals surface area (Å²) in [6.07, 6.45) is 4.10. The number of fused-ring (bicyclic) bond motifs is 1. The summed E-state index contributed by atoms with van der Waals surface area (Å²) in [6, 6.07) is 9.47. The third-order valence-corrected chi connectivity index (χ3v) is 3.72. The van der Waals surface area contributed by atoms with Gasteiger partial charge in [-0.25, -0.2) is 4.98 Å². The fourth-order valence-corrected chi connectivity index (χ4v) is 2.52. The molecule has 6 heteroatoms. The Balaban J connectivity index is 1.56. The smallest absolute Gasteiger partial charge is 0.253 e. The summed E-state index contributed by atoms with van der Waals surface area (Å²) in [6.45, 7) is 2.25. The average Bonchev–Trinajstić information content (AvgIpc) is 2.94. The van der Waals surface area contributed by atoms with Gasteiger partial charge in [0.05, 0.1) is 6.33 Å². The van der Waals surface area contributed by atoms with E-state index in [4.69, 9.17) is 0 Å². The molecule has 2 heterocycles. The highest BCUT2D eigenvalue weighted by Gasteiger charge is 2.06. The summed E-state index contributed by atoms with van der Waals surface area (Å²) in [4.78, 5) is 30.9. The quantitative estimate of drug-likeness (QED) is 0.747. The van der Waals surface area contributed by atoms with E-state index in [1.165, 1.54) is 22.3 Å². The van der Waals surface area contributed by atoms with Gasteiger partial charge in [-0.2, -0.15) is 0 Å². The maximum absolute atomic E-state index is 11.9. The molecule has 2 N–H and O–H groups in total.